The van der Waals surface area contributed by atoms with Crippen molar-refractivity contribution < 1.29 is 13.9 Å². The van der Waals surface area contributed by atoms with Gasteiger partial charge in [-0.25, -0.2) is 9.78 Å². The maximum absolute atomic E-state index is 11.9. The van der Waals surface area contributed by atoms with Crippen LogP contribution in [0.4, 0.5) is 0 Å². The minimum atomic E-state index is -0.475. The third-order valence-corrected chi connectivity index (χ3v) is 3.38. The number of carbonyl (C=O) groups excluding carboxylic acids is 1. The zero-order valence-corrected chi connectivity index (χ0v) is 13.3. The highest BCUT2D eigenvalue weighted by molar-refractivity contribution is 5.88. The van der Waals surface area contributed by atoms with Gasteiger partial charge in [-0.2, -0.15) is 4.80 Å². The van der Waals surface area contributed by atoms with E-state index in [1.807, 2.05) is 37.3 Å². The van der Waals surface area contributed by atoms with Gasteiger partial charge in [0.05, 0.1) is 13.2 Å². The van der Waals surface area contributed by atoms with Gasteiger partial charge in [-0.15, -0.1) is 10.2 Å². The van der Waals surface area contributed by atoms with Crippen LogP contribution in [-0.2, 0) is 17.7 Å². The first-order valence-corrected chi connectivity index (χ1v) is 7.70. The van der Waals surface area contributed by atoms with Gasteiger partial charge in [-0.05, 0) is 5.21 Å². The van der Waals surface area contributed by atoms with Crippen LogP contribution in [-0.4, -0.2) is 37.8 Å². The predicted molar refractivity (Wildman–Crippen MR) is 84.0 cm³/mol. The molecule has 0 radical (unpaired) electrons. The van der Waals surface area contributed by atoms with Crippen molar-refractivity contribution in [1.29, 1.82) is 0 Å². The normalized spacial score (nSPS) is 10.7. The molecule has 0 bridgehead atoms. The zero-order chi connectivity index (χ0) is 16.8. The van der Waals surface area contributed by atoms with Crippen molar-refractivity contribution in [2.75, 3.05) is 6.61 Å². The molecule has 2 heterocycles. The molecule has 0 saturated carbocycles. The van der Waals surface area contributed by atoms with Crippen molar-refractivity contribution in [2.45, 2.75) is 26.3 Å². The second-order valence-electron chi connectivity index (χ2n) is 5.04. The van der Waals surface area contributed by atoms with Crippen LogP contribution < -0.4 is 0 Å². The average molecular weight is 327 g/mol. The molecule has 0 N–H and O–H groups in total. The number of tetrazole rings is 1. The fraction of sp³-hybridized carbons (Fsp3) is 0.312. The largest absolute Gasteiger partial charge is 0.461 e. The summed E-state index contributed by atoms with van der Waals surface area (Å²) in [4.78, 5) is 17.3. The monoisotopic (exact) mass is 327 g/mol. The maximum atomic E-state index is 11.9. The summed E-state index contributed by atoms with van der Waals surface area (Å²) < 4.78 is 10.3. The number of hydrogen-bond acceptors (Lipinski definition) is 7. The number of aromatic nitrogens is 5. The minimum absolute atomic E-state index is 0.239. The van der Waals surface area contributed by atoms with Crippen molar-refractivity contribution in [3.8, 4) is 11.4 Å². The Morgan fingerprint density at radius 3 is 2.92 bits per heavy atom. The molecule has 124 valence electrons. The van der Waals surface area contributed by atoms with Gasteiger partial charge in [0, 0.05) is 18.4 Å². The van der Waals surface area contributed by atoms with Gasteiger partial charge in [0.15, 0.2) is 12.1 Å². The van der Waals surface area contributed by atoms with Gasteiger partial charge in [0.1, 0.15) is 5.76 Å². The Kier molecular flexibility index (Phi) is 4.95. The summed E-state index contributed by atoms with van der Waals surface area (Å²) in [5.41, 5.74) is 1.15. The summed E-state index contributed by atoms with van der Waals surface area (Å²) in [6.07, 6.45) is 2.42. The number of aryl methyl sites for hydroxylation is 2. The average Bonchev–Trinajstić information content (AvgIpc) is 3.28. The number of benzene rings is 1. The number of nitrogens with zero attached hydrogens (tertiary/aromatic N) is 5. The van der Waals surface area contributed by atoms with Crippen molar-refractivity contribution in [1.82, 2.24) is 25.2 Å². The molecular formula is C16H17N5O3. The van der Waals surface area contributed by atoms with Crippen LogP contribution in [0.5, 0.6) is 0 Å². The standard InChI is InChI=1S/C16H17N5O3/c1-2-13-14(17-11-24-13)16(22)23-10-6-9-21-19-15(18-20-21)12-7-4-3-5-8-12/h3-5,7-8,11H,2,6,9-10H2,1H3. The Labute approximate surface area is 138 Å². The molecule has 0 fully saturated rings. The van der Waals surface area contributed by atoms with Crippen LogP contribution in [0.2, 0.25) is 0 Å². The van der Waals surface area contributed by atoms with Crippen LogP contribution in [0.3, 0.4) is 0 Å². The van der Waals surface area contributed by atoms with Gasteiger partial charge >= 0.3 is 5.97 Å². The van der Waals surface area contributed by atoms with E-state index in [0.717, 1.165) is 5.56 Å². The number of rotatable bonds is 7. The fourth-order valence-electron chi connectivity index (χ4n) is 2.17. The Bertz CT molecular complexity index is 797. The first-order valence-electron chi connectivity index (χ1n) is 7.70. The summed E-state index contributed by atoms with van der Waals surface area (Å²) in [5.74, 6) is 0.630. The molecule has 0 unspecified atom stereocenters. The van der Waals surface area contributed by atoms with E-state index in [9.17, 15) is 4.79 Å². The Hall–Kier alpha value is -3.03. The number of hydrogen-bond donors (Lipinski definition) is 0. The van der Waals surface area contributed by atoms with E-state index >= 15 is 0 Å². The number of esters is 1. The van der Waals surface area contributed by atoms with E-state index in [4.69, 9.17) is 9.15 Å². The molecule has 0 aliphatic heterocycles. The van der Waals surface area contributed by atoms with Crippen LogP contribution in [0.1, 0.15) is 29.6 Å². The number of ether oxygens (including phenoxy) is 1. The highest BCUT2D eigenvalue weighted by atomic mass is 16.5. The van der Waals surface area contributed by atoms with Gasteiger partial charge in [0.25, 0.3) is 0 Å². The summed E-state index contributed by atoms with van der Waals surface area (Å²) in [6, 6.07) is 9.62. The quantitative estimate of drug-likeness (QED) is 0.484. The highest BCUT2D eigenvalue weighted by Gasteiger charge is 2.16. The van der Waals surface area contributed by atoms with Crippen LogP contribution in [0.15, 0.2) is 41.1 Å². The van der Waals surface area contributed by atoms with Crippen molar-refractivity contribution in [2.24, 2.45) is 0 Å². The lowest BCUT2D eigenvalue weighted by Gasteiger charge is -2.03. The third-order valence-electron chi connectivity index (χ3n) is 3.38. The maximum Gasteiger partial charge on any atom is 0.360 e. The van der Waals surface area contributed by atoms with Crippen LogP contribution in [0.25, 0.3) is 11.4 Å². The molecule has 3 rings (SSSR count). The summed E-state index contributed by atoms with van der Waals surface area (Å²) in [5, 5.41) is 12.3. The lowest BCUT2D eigenvalue weighted by molar-refractivity contribution is 0.0485. The van der Waals surface area contributed by atoms with Gasteiger partial charge < -0.3 is 9.15 Å². The van der Waals surface area contributed by atoms with Crippen LogP contribution in [0, 0.1) is 0 Å². The smallest absolute Gasteiger partial charge is 0.360 e. The van der Waals surface area contributed by atoms with Crippen molar-refractivity contribution >= 4 is 5.97 Å². The van der Waals surface area contributed by atoms with Crippen molar-refractivity contribution in [3.05, 3.63) is 48.2 Å². The zero-order valence-electron chi connectivity index (χ0n) is 13.3. The third kappa shape index (κ3) is 3.65. The SMILES string of the molecule is CCc1ocnc1C(=O)OCCCn1nnc(-c2ccccc2)n1. The minimum Gasteiger partial charge on any atom is -0.461 e. The van der Waals surface area contributed by atoms with Gasteiger partial charge in [-0.3, -0.25) is 0 Å². The molecule has 2 aromatic heterocycles. The molecule has 1 aromatic carbocycles. The Morgan fingerprint density at radius 2 is 2.12 bits per heavy atom. The first kappa shape index (κ1) is 15.9. The lowest BCUT2D eigenvalue weighted by Crippen LogP contribution is -2.11. The number of oxazole rings is 1. The van der Waals surface area contributed by atoms with E-state index in [1.54, 1.807) is 0 Å². The summed E-state index contributed by atoms with van der Waals surface area (Å²) >= 11 is 0. The molecule has 0 aliphatic rings. The topological polar surface area (TPSA) is 95.9 Å². The summed E-state index contributed by atoms with van der Waals surface area (Å²) in [6.45, 7) is 2.64. The molecular weight excluding hydrogens is 310 g/mol. The molecule has 24 heavy (non-hydrogen) atoms. The molecule has 0 aliphatic carbocycles. The van der Waals surface area contributed by atoms with E-state index in [1.165, 1.54) is 11.2 Å². The van der Waals surface area contributed by atoms with E-state index in [2.05, 4.69) is 20.4 Å². The van der Waals surface area contributed by atoms with E-state index < -0.39 is 5.97 Å². The lowest BCUT2D eigenvalue weighted by atomic mass is 10.2. The molecule has 8 heteroatoms. The summed E-state index contributed by atoms with van der Waals surface area (Å²) in [7, 11) is 0. The molecule has 0 saturated heterocycles. The predicted octanol–water partition coefficient (Wildman–Crippen LogP) is 2.14. The van der Waals surface area contributed by atoms with E-state index in [0.29, 0.717) is 31.0 Å². The Morgan fingerprint density at radius 1 is 1.29 bits per heavy atom. The second kappa shape index (κ2) is 7.49. The molecule has 0 spiro atoms. The fourth-order valence-corrected chi connectivity index (χ4v) is 2.17. The highest BCUT2D eigenvalue weighted by Crippen LogP contribution is 2.12. The first-order chi connectivity index (χ1) is 11.8. The molecule has 0 amide bonds. The van der Waals surface area contributed by atoms with E-state index in [-0.39, 0.29) is 12.3 Å². The van der Waals surface area contributed by atoms with Crippen molar-refractivity contribution in [3.63, 3.8) is 0 Å². The number of carbonyl (C=O) groups is 1. The second-order valence-corrected chi connectivity index (χ2v) is 5.04. The van der Waals surface area contributed by atoms with Crippen LogP contribution >= 0.6 is 0 Å². The van der Waals surface area contributed by atoms with Gasteiger partial charge in [-0.1, -0.05) is 37.3 Å². The molecule has 8 nitrogen and oxygen atoms in total. The molecule has 3 aromatic rings. The van der Waals surface area contributed by atoms with Gasteiger partial charge in [0.2, 0.25) is 5.82 Å². The Balaban J connectivity index is 1.47. The molecule has 0 atom stereocenters.